The quantitative estimate of drug-likeness (QED) is 0.664. The van der Waals surface area contributed by atoms with E-state index in [1.54, 1.807) is 45.6 Å². The van der Waals surface area contributed by atoms with Crippen molar-refractivity contribution in [3.05, 3.63) is 46.3 Å². The molecule has 7 nitrogen and oxygen atoms in total. The number of anilines is 1. The number of nitrogens with one attached hydrogen (secondary N) is 1. The first-order chi connectivity index (χ1) is 15.2. The van der Waals surface area contributed by atoms with Crippen LogP contribution in [0.5, 0.6) is 0 Å². The molecule has 2 amide bonds. The van der Waals surface area contributed by atoms with Crippen LogP contribution >= 0.6 is 22.9 Å². The number of sulfonamides is 1. The molecule has 10 heteroatoms. The second-order valence-corrected chi connectivity index (χ2v) is 12.2. The molecule has 2 fully saturated rings. The van der Waals surface area contributed by atoms with Crippen molar-refractivity contribution < 1.29 is 18.0 Å². The van der Waals surface area contributed by atoms with Crippen molar-refractivity contribution in [2.75, 3.05) is 24.5 Å². The Kier molecular flexibility index (Phi) is 6.90. The van der Waals surface area contributed by atoms with Crippen LogP contribution in [0.2, 0.25) is 5.02 Å². The molecule has 2 saturated heterocycles. The molecule has 2 aliphatic heterocycles. The Balaban J connectivity index is 1.34. The molecular formula is C22H26ClN3O4S2. The van der Waals surface area contributed by atoms with E-state index < -0.39 is 15.9 Å². The average Bonchev–Trinajstić information content (AvgIpc) is 3.40. The van der Waals surface area contributed by atoms with Crippen molar-refractivity contribution in [1.29, 1.82) is 0 Å². The Hall–Kier alpha value is -1.94. The van der Waals surface area contributed by atoms with E-state index in [4.69, 9.17) is 11.6 Å². The number of halogens is 1. The lowest BCUT2D eigenvalue weighted by Crippen LogP contribution is -2.37. The van der Waals surface area contributed by atoms with Gasteiger partial charge in [-0.05, 0) is 49.1 Å². The number of hydrogen-bond acceptors (Lipinski definition) is 5. The number of thiophene rings is 1. The number of benzene rings is 1. The van der Waals surface area contributed by atoms with E-state index in [1.807, 2.05) is 0 Å². The molecule has 1 unspecified atom stereocenters. The zero-order valence-electron chi connectivity index (χ0n) is 17.8. The van der Waals surface area contributed by atoms with Gasteiger partial charge in [0.15, 0.2) is 0 Å². The molecule has 0 bridgehead atoms. The molecular weight excluding hydrogens is 470 g/mol. The molecule has 0 aliphatic carbocycles. The van der Waals surface area contributed by atoms with Gasteiger partial charge in [-0.2, -0.15) is 4.31 Å². The van der Waals surface area contributed by atoms with Gasteiger partial charge in [0.1, 0.15) is 4.21 Å². The maximum atomic E-state index is 12.9. The summed E-state index contributed by atoms with van der Waals surface area (Å²) >= 11 is 7.20. The van der Waals surface area contributed by atoms with E-state index in [0.717, 1.165) is 17.7 Å². The molecule has 0 spiro atoms. The van der Waals surface area contributed by atoms with Crippen LogP contribution in [-0.2, 0) is 26.2 Å². The van der Waals surface area contributed by atoms with E-state index in [-0.39, 0.29) is 24.8 Å². The number of hydrogen-bond donors (Lipinski definition) is 1. The van der Waals surface area contributed by atoms with Gasteiger partial charge in [0.25, 0.3) is 10.0 Å². The normalized spacial score (nSPS) is 20.6. The highest BCUT2D eigenvalue weighted by Crippen LogP contribution is 2.29. The summed E-state index contributed by atoms with van der Waals surface area (Å²) in [4.78, 5) is 27.4. The fourth-order valence-corrected chi connectivity index (χ4v) is 7.14. The van der Waals surface area contributed by atoms with Crippen LogP contribution in [0.1, 0.15) is 31.1 Å². The van der Waals surface area contributed by atoms with Crippen LogP contribution < -0.4 is 10.2 Å². The van der Waals surface area contributed by atoms with Crippen LogP contribution in [0.25, 0.3) is 0 Å². The molecule has 1 aromatic carbocycles. The summed E-state index contributed by atoms with van der Waals surface area (Å²) in [6, 6.07) is 10.3. The van der Waals surface area contributed by atoms with Gasteiger partial charge in [0.2, 0.25) is 11.8 Å². The molecule has 1 atom stereocenters. The predicted octanol–water partition coefficient (Wildman–Crippen LogP) is 3.49. The Morgan fingerprint density at radius 1 is 1.22 bits per heavy atom. The minimum Gasteiger partial charge on any atom is -0.351 e. The summed E-state index contributed by atoms with van der Waals surface area (Å²) in [6.07, 6.45) is 1.88. The molecule has 2 aromatic rings. The molecule has 172 valence electrons. The van der Waals surface area contributed by atoms with Gasteiger partial charge in [-0.15, -0.1) is 11.3 Å². The van der Waals surface area contributed by atoms with Crippen LogP contribution in [0, 0.1) is 11.8 Å². The average molecular weight is 496 g/mol. The number of carbonyl (C=O) groups is 2. The predicted molar refractivity (Wildman–Crippen MR) is 125 cm³/mol. The van der Waals surface area contributed by atoms with Gasteiger partial charge < -0.3 is 10.2 Å². The maximum absolute atomic E-state index is 12.9. The summed E-state index contributed by atoms with van der Waals surface area (Å²) in [5.41, 5.74) is 0.679. The lowest BCUT2D eigenvalue weighted by Gasteiger charge is -2.28. The van der Waals surface area contributed by atoms with Crippen molar-refractivity contribution in [2.45, 2.75) is 36.9 Å². The van der Waals surface area contributed by atoms with Crippen molar-refractivity contribution >= 4 is 50.5 Å². The molecule has 2 aliphatic rings. The molecule has 0 saturated carbocycles. The number of amides is 2. The first-order valence-corrected chi connectivity index (χ1v) is 13.3. The van der Waals surface area contributed by atoms with Crippen molar-refractivity contribution in [3.63, 3.8) is 0 Å². The SMILES string of the molecule is CC1CCN(S(=O)(=O)c2ccc(CNC(=O)C3CC(=O)N(c4cccc(Cl)c4)C3)s2)CC1. The van der Waals surface area contributed by atoms with Gasteiger partial charge in [0.05, 0.1) is 12.5 Å². The van der Waals surface area contributed by atoms with E-state index in [0.29, 0.717) is 40.5 Å². The zero-order chi connectivity index (χ0) is 22.9. The summed E-state index contributed by atoms with van der Waals surface area (Å²) < 4.78 is 27.6. The third kappa shape index (κ3) is 5.01. The summed E-state index contributed by atoms with van der Waals surface area (Å²) in [6.45, 7) is 3.76. The Morgan fingerprint density at radius 3 is 2.69 bits per heavy atom. The van der Waals surface area contributed by atoms with Gasteiger partial charge in [-0.1, -0.05) is 24.6 Å². The highest BCUT2D eigenvalue weighted by molar-refractivity contribution is 7.91. The first kappa shape index (κ1) is 23.2. The standard InChI is InChI=1S/C22H26ClN3O4S2/c1-15-7-9-25(10-8-15)32(29,30)21-6-5-19(31-21)13-24-22(28)16-11-20(27)26(14-16)18-4-2-3-17(23)12-18/h2-6,12,15-16H,7-11,13-14H2,1H3,(H,24,28). The van der Waals surface area contributed by atoms with Crippen LogP contribution in [0.4, 0.5) is 5.69 Å². The summed E-state index contributed by atoms with van der Waals surface area (Å²) in [5.74, 6) is -0.244. The largest absolute Gasteiger partial charge is 0.351 e. The van der Waals surface area contributed by atoms with E-state index >= 15 is 0 Å². The molecule has 3 heterocycles. The number of nitrogens with zero attached hydrogens (tertiary/aromatic N) is 2. The third-order valence-corrected chi connectivity index (χ3v) is 9.71. The van der Waals surface area contributed by atoms with Gasteiger partial charge in [0, 0.05) is 41.6 Å². The second kappa shape index (κ2) is 9.51. The minimum atomic E-state index is -3.49. The van der Waals surface area contributed by atoms with Crippen LogP contribution in [0.3, 0.4) is 0 Å². The van der Waals surface area contributed by atoms with Gasteiger partial charge in [-0.3, -0.25) is 9.59 Å². The smallest absolute Gasteiger partial charge is 0.252 e. The minimum absolute atomic E-state index is 0.118. The number of rotatable bonds is 6. The highest BCUT2D eigenvalue weighted by Gasteiger charge is 2.35. The number of piperidine rings is 1. The fraction of sp³-hybridized carbons (Fsp3) is 0.455. The zero-order valence-corrected chi connectivity index (χ0v) is 20.2. The number of carbonyl (C=O) groups excluding carboxylic acids is 2. The molecule has 4 rings (SSSR count). The van der Waals surface area contributed by atoms with E-state index in [1.165, 1.54) is 11.3 Å². The van der Waals surface area contributed by atoms with Gasteiger partial charge >= 0.3 is 0 Å². The second-order valence-electron chi connectivity index (χ2n) is 8.41. The summed E-state index contributed by atoms with van der Waals surface area (Å²) in [7, 11) is -3.49. The van der Waals surface area contributed by atoms with Crippen LogP contribution in [-0.4, -0.2) is 44.2 Å². The van der Waals surface area contributed by atoms with E-state index in [2.05, 4.69) is 12.2 Å². The molecule has 0 radical (unpaired) electrons. The maximum Gasteiger partial charge on any atom is 0.252 e. The molecule has 1 aromatic heterocycles. The lowest BCUT2D eigenvalue weighted by molar-refractivity contribution is -0.126. The van der Waals surface area contributed by atoms with Crippen molar-refractivity contribution in [1.82, 2.24) is 9.62 Å². The fourth-order valence-electron chi connectivity index (χ4n) is 4.04. The molecule has 32 heavy (non-hydrogen) atoms. The Morgan fingerprint density at radius 2 is 1.97 bits per heavy atom. The summed E-state index contributed by atoms with van der Waals surface area (Å²) in [5, 5.41) is 3.39. The lowest BCUT2D eigenvalue weighted by atomic mass is 10.0. The Labute approximate surface area is 197 Å². The van der Waals surface area contributed by atoms with Crippen molar-refractivity contribution in [2.24, 2.45) is 11.8 Å². The van der Waals surface area contributed by atoms with E-state index in [9.17, 15) is 18.0 Å². The van der Waals surface area contributed by atoms with Crippen molar-refractivity contribution in [3.8, 4) is 0 Å². The van der Waals surface area contributed by atoms with Gasteiger partial charge in [-0.25, -0.2) is 8.42 Å². The third-order valence-electron chi connectivity index (χ3n) is 6.03. The first-order valence-electron chi connectivity index (χ1n) is 10.7. The highest BCUT2D eigenvalue weighted by atomic mass is 35.5. The van der Waals surface area contributed by atoms with Crippen LogP contribution in [0.15, 0.2) is 40.6 Å². The molecule has 1 N–H and O–H groups in total. The Bertz CT molecular complexity index is 1110. The topological polar surface area (TPSA) is 86.8 Å². The monoisotopic (exact) mass is 495 g/mol.